The highest BCUT2D eigenvalue weighted by Gasteiger charge is 2.11. The zero-order valence-corrected chi connectivity index (χ0v) is 9.56. The number of halogens is 1. The van der Waals surface area contributed by atoms with E-state index in [1.165, 1.54) is 0 Å². The van der Waals surface area contributed by atoms with Gasteiger partial charge in [0.05, 0.1) is 5.69 Å². The highest BCUT2D eigenvalue weighted by atomic mass is 79.9. The molecule has 0 aliphatic heterocycles. The molecular weight excluding hydrogens is 228 g/mol. The van der Waals surface area contributed by atoms with E-state index in [0.717, 1.165) is 28.1 Å². The Bertz CT molecular complexity index is 350. The van der Waals surface area contributed by atoms with Gasteiger partial charge in [-0.1, -0.05) is 20.1 Å². The van der Waals surface area contributed by atoms with E-state index < -0.39 is 0 Å². The Morgan fingerprint density at radius 2 is 2.31 bits per heavy atom. The summed E-state index contributed by atoms with van der Waals surface area (Å²) in [5.41, 5.74) is 1.90. The van der Waals surface area contributed by atoms with Gasteiger partial charge in [-0.05, 0) is 22.0 Å². The van der Waals surface area contributed by atoms with Crippen LogP contribution in [-0.2, 0) is 13.5 Å². The molecule has 0 atom stereocenters. The summed E-state index contributed by atoms with van der Waals surface area (Å²) in [6.07, 6.45) is 2.71. The highest BCUT2D eigenvalue weighted by molar-refractivity contribution is 9.15. The maximum Gasteiger partial charge on any atom is 0.109 e. The van der Waals surface area contributed by atoms with Crippen molar-refractivity contribution in [2.45, 2.75) is 13.3 Å². The van der Waals surface area contributed by atoms with Gasteiger partial charge in [-0.25, -0.2) is 4.98 Å². The van der Waals surface area contributed by atoms with Gasteiger partial charge in [0.2, 0.25) is 0 Å². The number of hydrogen-bond acceptors (Lipinski definition) is 1. The molecule has 70 valence electrons. The first kappa shape index (κ1) is 10.3. The first-order valence-electron chi connectivity index (χ1n) is 4.14. The van der Waals surface area contributed by atoms with Crippen LogP contribution in [-0.4, -0.2) is 9.55 Å². The monoisotopic (exact) mass is 240 g/mol. The van der Waals surface area contributed by atoms with Gasteiger partial charge in [-0.3, -0.25) is 0 Å². The molecule has 0 bridgehead atoms. The summed E-state index contributed by atoms with van der Waals surface area (Å²) in [5, 5.41) is 0. The normalized spacial score (nSPS) is 10.1. The van der Waals surface area contributed by atoms with Gasteiger partial charge in [0.15, 0.2) is 0 Å². The van der Waals surface area contributed by atoms with E-state index in [0.29, 0.717) is 0 Å². The van der Waals surface area contributed by atoms with Crippen molar-refractivity contribution < 1.29 is 0 Å². The van der Waals surface area contributed by atoms with Gasteiger partial charge < -0.3 is 4.57 Å². The second kappa shape index (κ2) is 3.92. The molecule has 0 radical (unpaired) electrons. The van der Waals surface area contributed by atoms with E-state index in [2.05, 4.69) is 41.0 Å². The van der Waals surface area contributed by atoms with E-state index >= 15 is 0 Å². The van der Waals surface area contributed by atoms with Crippen LogP contribution >= 0.6 is 15.9 Å². The van der Waals surface area contributed by atoms with Gasteiger partial charge in [0, 0.05) is 18.0 Å². The molecule has 0 saturated heterocycles. The number of aryl methyl sites for hydroxylation is 1. The lowest BCUT2D eigenvalue weighted by molar-refractivity contribution is 0.802. The van der Waals surface area contributed by atoms with Crippen LogP contribution in [0.15, 0.2) is 13.2 Å². The predicted molar refractivity (Wildman–Crippen MR) is 60.6 cm³/mol. The smallest absolute Gasteiger partial charge is 0.109 e. The summed E-state index contributed by atoms with van der Waals surface area (Å²) in [6, 6.07) is 0. The lowest BCUT2D eigenvalue weighted by Gasteiger charge is -1.99. The SMILES string of the molecule is C=Cc1c(C(=C)Br)nc(CC)n1C. The lowest BCUT2D eigenvalue weighted by Crippen LogP contribution is -1.97. The predicted octanol–water partition coefficient (Wildman–Crippen LogP) is 2.99. The van der Waals surface area contributed by atoms with Crippen molar-refractivity contribution in [3.63, 3.8) is 0 Å². The largest absolute Gasteiger partial charge is 0.331 e. The third kappa shape index (κ3) is 1.75. The molecule has 1 aromatic rings. The molecule has 0 N–H and O–H groups in total. The molecular formula is C10H13BrN2. The summed E-state index contributed by atoms with van der Waals surface area (Å²) in [5.74, 6) is 1.05. The molecule has 0 aliphatic rings. The second-order valence-corrected chi connectivity index (χ2v) is 3.74. The first-order chi connectivity index (χ1) is 6.11. The van der Waals surface area contributed by atoms with E-state index in [4.69, 9.17) is 0 Å². The molecule has 0 fully saturated rings. The minimum Gasteiger partial charge on any atom is -0.331 e. The maximum atomic E-state index is 4.44. The van der Waals surface area contributed by atoms with E-state index in [1.807, 2.05) is 11.6 Å². The van der Waals surface area contributed by atoms with Crippen molar-refractivity contribution in [2.75, 3.05) is 0 Å². The Morgan fingerprint density at radius 1 is 1.69 bits per heavy atom. The molecule has 0 unspecified atom stereocenters. The fourth-order valence-corrected chi connectivity index (χ4v) is 1.60. The Kier molecular flexibility index (Phi) is 3.09. The topological polar surface area (TPSA) is 17.8 Å². The second-order valence-electron chi connectivity index (χ2n) is 2.78. The van der Waals surface area contributed by atoms with Crippen LogP contribution < -0.4 is 0 Å². The zero-order valence-electron chi connectivity index (χ0n) is 7.97. The first-order valence-corrected chi connectivity index (χ1v) is 4.93. The summed E-state index contributed by atoms with van der Waals surface area (Å²) >= 11 is 3.33. The van der Waals surface area contributed by atoms with Gasteiger partial charge >= 0.3 is 0 Å². The molecule has 0 spiro atoms. The fraction of sp³-hybridized carbons (Fsp3) is 0.300. The lowest BCUT2D eigenvalue weighted by atomic mass is 10.3. The molecule has 1 heterocycles. The van der Waals surface area contributed by atoms with E-state index in [1.54, 1.807) is 6.08 Å². The zero-order chi connectivity index (χ0) is 10.0. The number of nitrogens with zero attached hydrogens (tertiary/aromatic N) is 2. The van der Waals surface area contributed by atoms with Crippen molar-refractivity contribution in [2.24, 2.45) is 7.05 Å². The van der Waals surface area contributed by atoms with Crippen LogP contribution in [0.3, 0.4) is 0 Å². The minimum atomic E-state index is 0.803. The Balaban J connectivity index is 3.35. The summed E-state index contributed by atoms with van der Waals surface area (Å²) in [4.78, 5) is 4.44. The van der Waals surface area contributed by atoms with Gasteiger partial charge in [-0.15, -0.1) is 0 Å². The molecule has 0 aliphatic carbocycles. The van der Waals surface area contributed by atoms with Gasteiger partial charge in [0.25, 0.3) is 0 Å². The molecule has 0 amide bonds. The minimum absolute atomic E-state index is 0.803. The van der Waals surface area contributed by atoms with Crippen LogP contribution in [0, 0.1) is 0 Å². The van der Waals surface area contributed by atoms with Crippen LogP contribution in [0.25, 0.3) is 10.6 Å². The average Bonchev–Trinajstić information content (AvgIpc) is 2.42. The molecule has 1 aromatic heterocycles. The molecule has 13 heavy (non-hydrogen) atoms. The highest BCUT2D eigenvalue weighted by Crippen LogP contribution is 2.23. The third-order valence-electron chi connectivity index (χ3n) is 2.00. The van der Waals surface area contributed by atoms with E-state index in [-0.39, 0.29) is 0 Å². The van der Waals surface area contributed by atoms with Crippen molar-refractivity contribution in [3.8, 4) is 0 Å². The van der Waals surface area contributed by atoms with Crippen molar-refractivity contribution in [1.29, 1.82) is 0 Å². The number of rotatable bonds is 3. The molecule has 0 aromatic carbocycles. The van der Waals surface area contributed by atoms with Crippen LogP contribution in [0.5, 0.6) is 0 Å². The Labute approximate surface area is 87.1 Å². The van der Waals surface area contributed by atoms with Gasteiger partial charge in [0.1, 0.15) is 11.5 Å². The van der Waals surface area contributed by atoms with Crippen LogP contribution in [0.4, 0.5) is 0 Å². The summed E-state index contributed by atoms with van der Waals surface area (Å²) in [7, 11) is 1.99. The van der Waals surface area contributed by atoms with Crippen LogP contribution in [0.2, 0.25) is 0 Å². The van der Waals surface area contributed by atoms with Crippen molar-refractivity contribution in [1.82, 2.24) is 9.55 Å². The Morgan fingerprint density at radius 3 is 2.62 bits per heavy atom. The van der Waals surface area contributed by atoms with E-state index in [9.17, 15) is 0 Å². The molecule has 3 heteroatoms. The van der Waals surface area contributed by atoms with Crippen molar-refractivity contribution in [3.05, 3.63) is 30.4 Å². The summed E-state index contributed by atoms with van der Waals surface area (Å²) < 4.78 is 2.84. The van der Waals surface area contributed by atoms with Crippen molar-refractivity contribution >= 4 is 26.5 Å². The maximum absolute atomic E-state index is 4.44. The average molecular weight is 241 g/mol. The Hall–Kier alpha value is -0.830. The fourth-order valence-electron chi connectivity index (χ4n) is 1.31. The number of hydrogen-bond donors (Lipinski definition) is 0. The molecule has 2 nitrogen and oxygen atoms in total. The molecule has 0 saturated carbocycles. The molecule has 1 rings (SSSR count). The van der Waals surface area contributed by atoms with Gasteiger partial charge in [-0.2, -0.15) is 0 Å². The quantitative estimate of drug-likeness (QED) is 0.795. The summed E-state index contributed by atoms with van der Waals surface area (Å²) in [6.45, 7) is 9.65. The standard InChI is InChI=1S/C10H13BrN2/c1-5-8-10(7(3)11)12-9(6-2)13(8)4/h5H,1,3,6H2,2,4H3. The number of aromatic nitrogens is 2. The van der Waals surface area contributed by atoms with Crippen LogP contribution in [0.1, 0.15) is 24.1 Å². The number of imidazole rings is 1. The third-order valence-corrected chi connectivity index (χ3v) is 2.37.